The number of hydrogen-bond donors (Lipinski definition) is 1. The Morgan fingerprint density at radius 2 is 1.97 bits per heavy atom. The molecule has 1 unspecified atom stereocenters. The molecule has 150 valence electrons. The Balaban J connectivity index is 1.48. The van der Waals surface area contributed by atoms with Gasteiger partial charge in [-0.3, -0.25) is 30.1 Å². The van der Waals surface area contributed by atoms with Gasteiger partial charge in [0.2, 0.25) is 0 Å². The lowest BCUT2D eigenvalue weighted by molar-refractivity contribution is 0.250. The summed E-state index contributed by atoms with van der Waals surface area (Å²) in [6, 6.07) is 8.17. The molecule has 29 heavy (non-hydrogen) atoms. The van der Waals surface area contributed by atoms with Gasteiger partial charge in [0.25, 0.3) is 0 Å². The number of likely N-dealkylation sites (tertiary alicyclic amines) is 1. The molecule has 2 saturated heterocycles. The summed E-state index contributed by atoms with van der Waals surface area (Å²) in [6.07, 6.45) is 12.7. The lowest BCUT2D eigenvalue weighted by Gasteiger charge is -2.33. The predicted molar refractivity (Wildman–Crippen MR) is 112 cm³/mol. The summed E-state index contributed by atoms with van der Waals surface area (Å²) in [7, 11) is 0. The van der Waals surface area contributed by atoms with Crippen molar-refractivity contribution in [1.82, 2.24) is 20.2 Å². The molecule has 5 rings (SSSR count). The Bertz CT molecular complexity index is 896. The van der Waals surface area contributed by atoms with Crippen molar-refractivity contribution >= 4 is 17.6 Å². The first-order valence-electron chi connectivity index (χ1n) is 10.5. The standard InChI is InChI=1S/C22H26N6O/c29-21-26-20(25-18-4-1-2-5-18)22(28(21)19-6-3-10-24-14-19)9-13-27(16-22)15-17-7-11-23-12-8-17/h3,6-8,10-12,14,18H,1-2,4-5,9,13,15-16H2,(H,25,26,29). The zero-order valence-corrected chi connectivity index (χ0v) is 16.5. The van der Waals surface area contributed by atoms with Crippen molar-refractivity contribution in [3.05, 3.63) is 54.6 Å². The molecule has 1 atom stereocenters. The van der Waals surface area contributed by atoms with Crippen molar-refractivity contribution < 1.29 is 4.79 Å². The fourth-order valence-corrected chi connectivity index (χ4v) is 4.92. The van der Waals surface area contributed by atoms with E-state index in [1.807, 2.05) is 29.4 Å². The highest BCUT2D eigenvalue weighted by atomic mass is 16.2. The molecule has 3 aliphatic rings. The van der Waals surface area contributed by atoms with E-state index in [0.29, 0.717) is 6.04 Å². The van der Waals surface area contributed by atoms with E-state index in [9.17, 15) is 4.79 Å². The Kier molecular flexibility index (Phi) is 4.75. The second kappa shape index (κ2) is 7.55. The van der Waals surface area contributed by atoms with Crippen LogP contribution in [-0.4, -0.2) is 51.4 Å². The number of hydrogen-bond acceptors (Lipinski definition) is 5. The van der Waals surface area contributed by atoms with Gasteiger partial charge in [0.15, 0.2) is 0 Å². The molecule has 1 aliphatic carbocycles. The zero-order chi connectivity index (χ0) is 19.7. The van der Waals surface area contributed by atoms with Gasteiger partial charge in [-0.15, -0.1) is 0 Å². The molecule has 2 aromatic rings. The molecule has 0 radical (unpaired) electrons. The maximum absolute atomic E-state index is 13.1. The number of rotatable bonds is 4. The van der Waals surface area contributed by atoms with Crippen LogP contribution in [0, 0.1) is 0 Å². The molecule has 2 aliphatic heterocycles. The second-order valence-electron chi connectivity index (χ2n) is 8.24. The van der Waals surface area contributed by atoms with Gasteiger partial charge in [0.05, 0.1) is 17.9 Å². The van der Waals surface area contributed by atoms with Crippen molar-refractivity contribution in [2.75, 3.05) is 18.0 Å². The van der Waals surface area contributed by atoms with Crippen molar-refractivity contribution in [2.45, 2.75) is 50.2 Å². The molecule has 3 fully saturated rings. The number of carbonyl (C=O) groups is 1. The van der Waals surface area contributed by atoms with Gasteiger partial charge in [0.1, 0.15) is 11.4 Å². The lowest BCUT2D eigenvalue weighted by Crippen LogP contribution is -2.52. The number of urea groups is 1. The molecular weight excluding hydrogens is 364 g/mol. The van der Waals surface area contributed by atoms with Crippen LogP contribution in [0.3, 0.4) is 0 Å². The van der Waals surface area contributed by atoms with Crippen LogP contribution in [0.5, 0.6) is 0 Å². The summed E-state index contributed by atoms with van der Waals surface area (Å²) in [5.74, 6) is 0.843. The van der Waals surface area contributed by atoms with Crippen LogP contribution in [0.1, 0.15) is 37.7 Å². The van der Waals surface area contributed by atoms with Gasteiger partial charge >= 0.3 is 6.03 Å². The SMILES string of the molecule is O=C1NC(=NC2CCCC2)C2(CCN(Cc3ccncc3)C2)N1c1cccnc1. The third-order valence-electron chi connectivity index (χ3n) is 6.32. The minimum Gasteiger partial charge on any atom is -0.296 e. The highest BCUT2D eigenvalue weighted by Gasteiger charge is 2.55. The lowest BCUT2D eigenvalue weighted by atomic mass is 9.95. The van der Waals surface area contributed by atoms with Gasteiger partial charge in [-0.2, -0.15) is 0 Å². The zero-order valence-electron chi connectivity index (χ0n) is 16.5. The monoisotopic (exact) mass is 390 g/mol. The van der Waals surface area contributed by atoms with Crippen LogP contribution in [0.15, 0.2) is 54.0 Å². The van der Waals surface area contributed by atoms with Crippen LogP contribution >= 0.6 is 0 Å². The number of pyridine rings is 2. The number of carbonyl (C=O) groups excluding carboxylic acids is 1. The molecule has 7 nitrogen and oxygen atoms in total. The number of amides is 2. The molecule has 1 N–H and O–H groups in total. The normalized spacial score (nSPS) is 26.7. The van der Waals surface area contributed by atoms with Crippen LogP contribution in [0.4, 0.5) is 10.5 Å². The molecular formula is C22H26N6O. The van der Waals surface area contributed by atoms with E-state index in [-0.39, 0.29) is 6.03 Å². The van der Waals surface area contributed by atoms with Crippen LogP contribution in [0.2, 0.25) is 0 Å². The summed E-state index contributed by atoms with van der Waals surface area (Å²) in [4.78, 5) is 30.8. The van der Waals surface area contributed by atoms with E-state index >= 15 is 0 Å². The second-order valence-corrected chi connectivity index (χ2v) is 8.24. The minimum absolute atomic E-state index is 0.0968. The summed E-state index contributed by atoms with van der Waals surface area (Å²) in [5, 5.41) is 3.12. The Morgan fingerprint density at radius 1 is 1.14 bits per heavy atom. The Labute approximate surface area is 170 Å². The molecule has 1 saturated carbocycles. The number of nitrogens with zero attached hydrogens (tertiary/aromatic N) is 5. The van der Waals surface area contributed by atoms with Gasteiger partial charge < -0.3 is 0 Å². The van der Waals surface area contributed by atoms with Crippen molar-refractivity contribution in [2.24, 2.45) is 4.99 Å². The number of aromatic nitrogens is 2. The van der Waals surface area contributed by atoms with Crippen molar-refractivity contribution in [1.29, 1.82) is 0 Å². The summed E-state index contributed by atoms with van der Waals surface area (Å²) >= 11 is 0. The maximum atomic E-state index is 13.1. The van der Waals surface area contributed by atoms with Gasteiger partial charge in [-0.05, 0) is 49.1 Å². The third-order valence-corrected chi connectivity index (χ3v) is 6.32. The van der Waals surface area contributed by atoms with E-state index in [2.05, 4.69) is 32.3 Å². The number of aliphatic imine (C=N–C) groups is 1. The van der Waals surface area contributed by atoms with E-state index in [1.54, 1.807) is 12.4 Å². The largest absolute Gasteiger partial charge is 0.328 e. The number of amidine groups is 1. The average Bonchev–Trinajstić information content (AvgIpc) is 3.45. The van der Waals surface area contributed by atoms with Gasteiger partial charge in [0, 0.05) is 38.2 Å². The highest BCUT2D eigenvalue weighted by molar-refractivity contribution is 6.19. The first kappa shape index (κ1) is 18.2. The fraction of sp³-hybridized carbons (Fsp3) is 0.455. The molecule has 0 bridgehead atoms. The van der Waals surface area contributed by atoms with Crippen LogP contribution in [0.25, 0.3) is 0 Å². The topological polar surface area (TPSA) is 73.7 Å². The first-order chi connectivity index (χ1) is 14.2. The van der Waals surface area contributed by atoms with Crippen molar-refractivity contribution in [3.8, 4) is 0 Å². The van der Waals surface area contributed by atoms with Crippen LogP contribution < -0.4 is 10.2 Å². The van der Waals surface area contributed by atoms with Crippen LogP contribution in [-0.2, 0) is 6.54 Å². The summed E-state index contributed by atoms with van der Waals surface area (Å²) in [5.41, 5.74) is 1.61. The summed E-state index contributed by atoms with van der Waals surface area (Å²) in [6.45, 7) is 2.52. The number of anilines is 1. The molecule has 2 aromatic heterocycles. The van der Waals surface area contributed by atoms with E-state index in [4.69, 9.17) is 4.99 Å². The van der Waals surface area contributed by atoms with Gasteiger partial charge in [-0.1, -0.05) is 12.8 Å². The predicted octanol–water partition coefficient (Wildman–Crippen LogP) is 2.99. The van der Waals surface area contributed by atoms with E-state index < -0.39 is 5.54 Å². The molecule has 0 aromatic carbocycles. The average molecular weight is 390 g/mol. The molecule has 4 heterocycles. The maximum Gasteiger partial charge on any atom is 0.328 e. The smallest absolute Gasteiger partial charge is 0.296 e. The van der Waals surface area contributed by atoms with Crippen molar-refractivity contribution in [3.63, 3.8) is 0 Å². The molecule has 1 spiro atoms. The molecule has 2 amide bonds. The number of nitrogens with one attached hydrogen (secondary N) is 1. The first-order valence-corrected chi connectivity index (χ1v) is 10.5. The molecule has 7 heteroatoms. The summed E-state index contributed by atoms with van der Waals surface area (Å²) < 4.78 is 0. The Morgan fingerprint density at radius 3 is 2.72 bits per heavy atom. The third kappa shape index (κ3) is 3.40. The van der Waals surface area contributed by atoms with Gasteiger partial charge in [-0.25, -0.2) is 4.79 Å². The minimum atomic E-state index is -0.449. The van der Waals surface area contributed by atoms with E-state index in [1.165, 1.54) is 18.4 Å². The quantitative estimate of drug-likeness (QED) is 0.871. The highest BCUT2D eigenvalue weighted by Crippen LogP contribution is 2.38. The Hall–Kier alpha value is -2.80. The fourth-order valence-electron chi connectivity index (χ4n) is 4.92. The van der Waals surface area contributed by atoms with E-state index in [0.717, 1.165) is 50.4 Å².